The van der Waals surface area contributed by atoms with Crippen LogP contribution in [0.25, 0.3) is 5.65 Å². The average molecular weight is 360 g/mol. The topological polar surface area (TPSA) is 50.5 Å². The number of amides is 1. The first-order valence-electron chi connectivity index (χ1n) is 9.97. The van der Waals surface area contributed by atoms with Crippen LogP contribution in [0.2, 0.25) is 0 Å². The van der Waals surface area contributed by atoms with Gasteiger partial charge in [-0.2, -0.15) is 5.10 Å². The van der Waals surface area contributed by atoms with Gasteiger partial charge in [0.1, 0.15) is 5.56 Å². The molecule has 1 saturated heterocycles. The lowest BCUT2D eigenvalue weighted by Crippen LogP contribution is -2.52. The third kappa shape index (κ3) is 2.82. The molecule has 0 N–H and O–H groups in total. The molecule has 1 saturated carbocycles. The van der Waals surface area contributed by atoms with Crippen molar-refractivity contribution in [1.29, 1.82) is 0 Å². The van der Waals surface area contributed by atoms with Crippen LogP contribution in [0.4, 0.5) is 0 Å². The lowest BCUT2D eigenvalue weighted by atomic mass is 9.69. The van der Waals surface area contributed by atoms with Crippen molar-refractivity contribution in [2.75, 3.05) is 6.54 Å². The van der Waals surface area contributed by atoms with E-state index in [4.69, 9.17) is 0 Å². The molecule has 0 radical (unpaired) electrons. The first-order valence-corrected chi connectivity index (χ1v) is 9.97. The molecule has 2 aromatic heterocycles. The van der Waals surface area contributed by atoms with Crippen LogP contribution in [-0.4, -0.2) is 38.0 Å². The number of nitrogens with zero attached hydrogens (tertiary/aromatic N) is 4. The Hall–Kier alpha value is -2.69. The number of carbonyl (C=O) groups is 1. The number of rotatable bonds is 2. The molecule has 3 atom stereocenters. The highest BCUT2D eigenvalue weighted by molar-refractivity contribution is 5.99. The molecular formula is C22H24N4O. The summed E-state index contributed by atoms with van der Waals surface area (Å²) in [5.41, 5.74) is 2.71. The second-order valence-electron chi connectivity index (χ2n) is 7.77. The van der Waals surface area contributed by atoms with E-state index in [9.17, 15) is 4.79 Å². The molecule has 5 nitrogen and oxygen atoms in total. The molecule has 3 aromatic rings. The lowest BCUT2D eigenvalue weighted by molar-refractivity contribution is 0.0320. The Kier molecular flexibility index (Phi) is 4.15. The zero-order chi connectivity index (χ0) is 18.2. The van der Waals surface area contributed by atoms with Crippen LogP contribution in [0.1, 0.15) is 53.9 Å². The van der Waals surface area contributed by atoms with Gasteiger partial charge in [-0.3, -0.25) is 4.79 Å². The molecule has 2 aliphatic rings. The summed E-state index contributed by atoms with van der Waals surface area (Å²) in [7, 11) is 0. The molecule has 3 heterocycles. The van der Waals surface area contributed by atoms with Crippen LogP contribution in [0, 0.1) is 5.92 Å². The van der Waals surface area contributed by atoms with Crippen molar-refractivity contribution >= 4 is 11.6 Å². The van der Waals surface area contributed by atoms with Crippen molar-refractivity contribution in [2.24, 2.45) is 5.92 Å². The zero-order valence-corrected chi connectivity index (χ0v) is 15.4. The number of hydrogen-bond acceptors (Lipinski definition) is 3. The van der Waals surface area contributed by atoms with E-state index in [0.717, 1.165) is 19.4 Å². The summed E-state index contributed by atoms with van der Waals surface area (Å²) in [4.78, 5) is 19.9. The minimum absolute atomic E-state index is 0.0899. The molecule has 138 valence electrons. The highest BCUT2D eigenvalue weighted by atomic mass is 16.2. The Bertz CT molecular complexity index is 951. The average Bonchev–Trinajstić information content (AvgIpc) is 3.17. The summed E-state index contributed by atoms with van der Waals surface area (Å²) in [6.07, 6.45) is 11.1. The van der Waals surface area contributed by atoms with Gasteiger partial charge in [-0.15, -0.1) is 0 Å². The van der Waals surface area contributed by atoms with Crippen molar-refractivity contribution in [2.45, 2.75) is 44.1 Å². The molecule has 3 unspecified atom stereocenters. The maximum absolute atomic E-state index is 13.4. The van der Waals surface area contributed by atoms with E-state index >= 15 is 0 Å². The van der Waals surface area contributed by atoms with E-state index in [0.29, 0.717) is 29.1 Å². The SMILES string of the molecule is O=C(c1cnn2cccnc12)N1CCC(c2ccccc2)C2CCCCC21. The Labute approximate surface area is 159 Å². The molecule has 1 amide bonds. The van der Waals surface area contributed by atoms with Crippen LogP contribution in [0.5, 0.6) is 0 Å². The molecule has 0 bridgehead atoms. The van der Waals surface area contributed by atoms with E-state index in [1.54, 1.807) is 16.9 Å². The van der Waals surface area contributed by atoms with Gasteiger partial charge in [0.15, 0.2) is 5.65 Å². The largest absolute Gasteiger partial charge is 0.335 e. The minimum atomic E-state index is 0.0899. The van der Waals surface area contributed by atoms with Gasteiger partial charge in [-0.05, 0) is 42.7 Å². The summed E-state index contributed by atoms with van der Waals surface area (Å²) < 4.78 is 1.68. The van der Waals surface area contributed by atoms with Gasteiger partial charge in [0.05, 0.1) is 6.20 Å². The van der Waals surface area contributed by atoms with Crippen LogP contribution < -0.4 is 0 Å². The van der Waals surface area contributed by atoms with E-state index in [2.05, 4.69) is 45.3 Å². The highest BCUT2D eigenvalue weighted by Gasteiger charge is 2.42. The number of carbonyl (C=O) groups excluding carboxylic acids is 1. The molecule has 1 aliphatic heterocycles. The summed E-state index contributed by atoms with van der Waals surface area (Å²) in [5.74, 6) is 1.20. The molecule has 5 rings (SSSR count). The van der Waals surface area contributed by atoms with Crippen molar-refractivity contribution in [3.05, 3.63) is 66.1 Å². The summed E-state index contributed by atoms with van der Waals surface area (Å²) in [6, 6.07) is 13.0. The first kappa shape index (κ1) is 16.5. The van der Waals surface area contributed by atoms with Gasteiger partial charge >= 0.3 is 0 Å². The molecule has 0 spiro atoms. The summed E-state index contributed by atoms with van der Waals surface area (Å²) in [5, 5.41) is 4.31. The third-order valence-electron chi connectivity index (χ3n) is 6.38. The van der Waals surface area contributed by atoms with Crippen molar-refractivity contribution in [1.82, 2.24) is 19.5 Å². The van der Waals surface area contributed by atoms with Crippen LogP contribution >= 0.6 is 0 Å². The van der Waals surface area contributed by atoms with E-state index < -0.39 is 0 Å². The van der Waals surface area contributed by atoms with Gasteiger partial charge in [0.2, 0.25) is 0 Å². The maximum Gasteiger partial charge on any atom is 0.259 e. The Morgan fingerprint density at radius 3 is 2.78 bits per heavy atom. The molecule has 1 aromatic carbocycles. The van der Waals surface area contributed by atoms with Gasteiger partial charge in [0, 0.05) is 25.0 Å². The fourth-order valence-electron chi connectivity index (χ4n) is 5.15. The van der Waals surface area contributed by atoms with Crippen LogP contribution in [0.3, 0.4) is 0 Å². The number of piperidine rings is 1. The Balaban J connectivity index is 1.46. The van der Waals surface area contributed by atoms with Crippen molar-refractivity contribution in [3.63, 3.8) is 0 Å². The number of aromatic nitrogens is 3. The van der Waals surface area contributed by atoms with E-state index in [1.807, 2.05) is 12.3 Å². The maximum atomic E-state index is 13.4. The monoisotopic (exact) mass is 360 g/mol. The summed E-state index contributed by atoms with van der Waals surface area (Å²) >= 11 is 0. The van der Waals surface area contributed by atoms with E-state index in [1.165, 1.54) is 24.8 Å². The molecule has 27 heavy (non-hydrogen) atoms. The van der Waals surface area contributed by atoms with E-state index in [-0.39, 0.29) is 5.91 Å². The predicted molar refractivity (Wildman–Crippen MR) is 104 cm³/mol. The predicted octanol–water partition coefficient (Wildman–Crippen LogP) is 3.92. The number of likely N-dealkylation sites (tertiary alicyclic amines) is 1. The number of hydrogen-bond donors (Lipinski definition) is 0. The normalized spacial score (nSPS) is 25.3. The third-order valence-corrected chi connectivity index (χ3v) is 6.38. The molecule has 5 heteroatoms. The highest BCUT2D eigenvalue weighted by Crippen LogP contribution is 2.44. The number of fused-ring (bicyclic) bond motifs is 2. The number of benzene rings is 1. The van der Waals surface area contributed by atoms with Crippen LogP contribution in [0.15, 0.2) is 55.0 Å². The Morgan fingerprint density at radius 2 is 1.89 bits per heavy atom. The molecular weight excluding hydrogens is 336 g/mol. The molecule has 1 aliphatic carbocycles. The van der Waals surface area contributed by atoms with Gasteiger partial charge in [-0.1, -0.05) is 43.2 Å². The standard InChI is InChI=1S/C22H24N4O/c27-22(19-15-24-26-13-6-12-23-21(19)26)25-14-11-17(16-7-2-1-3-8-16)18-9-4-5-10-20(18)25/h1-3,6-8,12-13,15,17-18,20H,4-5,9-11,14H2. The van der Waals surface area contributed by atoms with Crippen molar-refractivity contribution in [3.8, 4) is 0 Å². The Morgan fingerprint density at radius 1 is 1.04 bits per heavy atom. The van der Waals surface area contributed by atoms with Crippen LogP contribution in [-0.2, 0) is 0 Å². The molecule has 2 fully saturated rings. The van der Waals surface area contributed by atoms with Gasteiger partial charge in [-0.25, -0.2) is 9.50 Å². The van der Waals surface area contributed by atoms with Gasteiger partial charge < -0.3 is 4.90 Å². The second-order valence-corrected chi connectivity index (χ2v) is 7.77. The second kappa shape index (κ2) is 6.80. The minimum Gasteiger partial charge on any atom is -0.335 e. The quantitative estimate of drug-likeness (QED) is 0.696. The lowest BCUT2D eigenvalue weighted by Gasteiger charge is -2.48. The smallest absolute Gasteiger partial charge is 0.259 e. The van der Waals surface area contributed by atoms with Crippen molar-refractivity contribution < 1.29 is 4.79 Å². The van der Waals surface area contributed by atoms with Gasteiger partial charge in [0.25, 0.3) is 5.91 Å². The fourth-order valence-corrected chi connectivity index (χ4v) is 5.15. The first-order chi connectivity index (χ1) is 13.3. The zero-order valence-electron chi connectivity index (χ0n) is 15.4. The fraction of sp³-hybridized carbons (Fsp3) is 0.409. The summed E-state index contributed by atoms with van der Waals surface area (Å²) in [6.45, 7) is 0.809.